The monoisotopic (exact) mass is 332 g/mol. The van der Waals surface area contributed by atoms with Crippen molar-refractivity contribution in [1.29, 1.82) is 0 Å². The van der Waals surface area contributed by atoms with Gasteiger partial charge in [-0.2, -0.15) is 0 Å². The van der Waals surface area contributed by atoms with Crippen LogP contribution in [0.1, 0.15) is 59.7 Å². The van der Waals surface area contributed by atoms with Crippen LogP contribution in [0.2, 0.25) is 0 Å². The molecule has 4 rings (SSSR count). The highest BCUT2D eigenvalue weighted by Gasteiger charge is 2.27. The molecule has 2 aliphatic heterocycles. The van der Waals surface area contributed by atoms with E-state index < -0.39 is 0 Å². The molecule has 6 nitrogen and oxygen atoms in total. The van der Waals surface area contributed by atoms with Gasteiger partial charge < -0.3 is 4.57 Å². The molecular weight excluding hydrogens is 308 g/mol. The van der Waals surface area contributed by atoms with Crippen molar-refractivity contribution in [3.05, 3.63) is 21.7 Å². The lowest BCUT2D eigenvalue weighted by Gasteiger charge is -2.30. The quantitative estimate of drug-likeness (QED) is 0.864. The number of nitrogens with zero attached hydrogens (tertiary/aromatic N) is 6. The number of aromatic nitrogens is 5. The Morgan fingerprint density at radius 2 is 1.87 bits per heavy atom. The number of likely N-dealkylation sites (tertiary alicyclic amines) is 1. The van der Waals surface area contributed by atoms with Gasteiger partial charge in [0.25, 0.3) is 0 Å². The minimum absolute atomic E-state index is 0.571. The van der Waals surface area contributed by atoms with Crippen LogP contribution in [0, 0.1) is 6.92 Å². The molecule has 2 aromatic heterocycles. The standard InChI is InChI=1S/C16H24N6S/c1-12-17-19-15(23-12)11-21-9-6-13(7-10-21)16-20-18-14-5-3-2-4-8-22(14)16/h13H,2-11H2,1H3. The molecule has 0 N–H and O–H groups in total. The Bertz CT molecular complexity index is 655. The Kier molecular flexibility index (Phi) is 4.39. The minimum Gasteiger partial charge on any atom is -0.315 e. The fraction of sp³-hybridized carbons (Fsp3) is 0.750. The molecule has 0 radical (unpaired) electrons. The van der Waals surface area contributed by atoms with Crippen LogP contribution >= 0.6 is 11.3 Å². The molecule has 23 heavy (non-hydrogen) atoms. The van der Waals surface area contributed by atoms with Gasteiger partial charge in [0.15, 0.2) is 0 Å². The summed E-state index contributed by atoms with van der Waals surface area (Å²) in [6.07, 6.45) is 7.31. The number of hydrogen-bond donors (Lipinski definition) is 0. The summed E-state index contributed by atoms with van der Waals surface area (Å²) >= 11 is 1.71. The van der Waals surface area contributed by atoms with Gasteiger partial charge in [0, 0.05) is 18.9 Å². The van der Waals surface area contributed by atoms with Crippen LogP contribution in [0.3, 0.4) is 0 Å². The lowest BCUT2D eigenvalue weighted by Crippen LogP contribution is -2.33. The van der Waals surface area contributed by atoms with E-state index >= 15 is 0 Å². The molecular formula is C16H24N6S. The van der Waals surface area contributed by atoms with Crippen LogP contribution in [0.5, 0.6) is 0 Å². The molecule has 0 amide bonds. The van der Waals surface area contributed by atoms with Crippen LogP contribution in [0.15, 0.2) is 0 Å². The first-order chi connectivity index (χ1) is 11.3. The third-order valence-electron chi connectivity index (χ3n) is 5.02. The predicted molar refractivity (Wildman–Crippen MR) is 89.5 cm³/mol. The van der Waals surface area contributed by atoms with E-state index in [4.69, 9.17) is 0 Å². The second kappa shape index (κ2) is 6.65. The molecule has 0 aromatic carbocycles. The highest BCUT2D eigenvalue weighted by Crippen LogP contribution is 2.29. The molecule has 7 heteroatoms. The lowest BCUT2D eigenvalue weighted by molar-refractivity contribution is 0.199. The van der Waals surface area contributed by atoms with Gasteiger partial charge in [-0.1, -0.05) is 6.42 Å². The summed E-state index contributed by atoms with van der Waals surface area (Å²) in [6.45, 7) is 6.31. The summed E-state index contributed by atoms with van der Waals surface area (Å²) < 4.78 is 2.42. The average Bonchev–Trinajstić information content (AvgIpc) is 3.07. The Hall–Kier alpha value is -1.34. The van der Waals surface area contributed by atoms with Crippen molar-refractivity contribution in [1.82, 2.24) is 29.9 Å². The molecule has 0 atom stereocenters. The van der Waals surface area contributed by atoms with Gasteiger partial charge >= 0.3 is 0 Å². The van der Waals surface area contributed by atoms with Crippen LogP contribution < -0.4 is 0 Å². The molecule has 0 unspecified atom stereocenters. The summed E-state index contributed by atoms with van der Waals surface area (Å²) in [5.41, 5.74) is 0. The summed E-state index contributed by atoms with van der Waals surface area (Å²) in [6, 6.07) is 0. The average molecular weight is 332 g/mol. The molecule has 0 spiro atoms. The lowest BCUT2D eigenvalue weighted by atomic mass is 9.96. The van der Waals surface area contributed by atoms with Crippen molar-refractivity contribution in [2.45, 2.75) is 64.5 Å². The zero-order valence-corrected chi connectivity index (χ0v) is 14.6. The Morgan fingerprint density at radius 1 is 1.00 bits per heavy atom. The van der Waals surface area contributed by atoms with E-state index in [0.29, 0.717) is 5.92 Å². The first-order valence-electron chi connectivity index (χ1n) is 8.73. The van der Waals surface area contributed by atoms with Gasteiger partial charge in [-0.25, -0.2) is 0 Å². The maximum Gasteiger partial charge on any atom is 0.136 e. The number of rotatable bonds is 3. The Labute approximate surface area is 140 Å². The fourth-order valence-electron chi connectivity index (χ4n) is 3.75. The number of fused-ring (bicyclic) bond motifs is 1. The van der Waals surface area contributed by atoms with Crippen molar-refractivity contribution in [3.63, 3.8) is 0 Å². The van der Waals surface area contributed by atoms with Crippen molar-refractivity contribution in [2.75, 3.05) is 13.1 Å². The summed E-state index contributed by atoms with van der Waals surface area (Å²) in [5, 5.41) is 19.6. The highest BCUT2D eigenvalue weighted by molar-refractivity contribution is 7.11. The van der Waals surface area contributed by atoms with E-state index in [2.05, 4.69) is 29.9 Å². The maximum atomic E-state index is 4.55. The minimum atomic E-state index is 0.571. The summed E-state index contributed by atoms with van der Waals surface area (Å²) in [7, 11) is 0. The van der Waals surface area contributed by atoms with Crippen molar-refractivity contribution in [3.8, 4) is 0 Å². The van der Waals surface area contributed by atoms with E-state index in [1.54, 1.807) is 11.3 Å². The molecule has 4 heterocycles. The van der Waals surface area contributed by atoms with Gasteiger partial charge in [-0.05, 0) is 45.7 Å². The van der Waals surface area contributed by atoms with E-state index in [1.165, 1.54) is 43.8 Å². The van der Waals surface area contributed by atoms with Crippen LogP contribution in [-0.2, 0) is 19.5 Å². The molecule has 0 aliphatic carbocycles. The first kappa shape index (κ1) is 15.2. The predicted octanol–water partition coefficient (Wildman–Crippen LogP) is 2.54. The molecule has 1 saturated heterocycles. The van der Waals surface area contributed by atoms with Crippen molar-refractivity contribution in [2.24, 2.45) is 0 Å². The summed E-state index contributed by atoms with van der Waals surface area (Å²) in [4.78, 5) is 2.50. The van der Waals surface area contributed by atoms with Gasteiger partial charge in [-0.15, -0.1) is 31.7 Å². The maximum absolute atomic E-state index is 4.55. The van der Waals surface area contributed by atoms with E-state index in [-0.39, 0.29) is 0 Å². The molecule has 0 bridgehead atoms. The molecule has 0 saturated carbocycles. The number of piperidine rings is 1. The highest BCUT2D eigenvalue weighted by atomic mass is 32.1. The van der Waals surface area contributed by atoms with E-state index in [0.717, 1.165) is 42.6 Å². The van der Waals surface area contributed by atoms with E-state index in [9.17, 15) is 0 Å². The van der Waals surface area contributed by atoms with Crippen LogP contribution in [-0.4, -0.2) is 43.0 Å². The summed E-state index contributed by atoms with van der Waals surface area (Å²) in [5.74, 6) is 3.03. The number of aryl methyl sites for hydroxylation is 2. The Morgan fingerprint density at radius 3 is 2.65 bits per heavy atom. The fourth-order valence-corrected chi connectivity index (χ4v) is 4.50. The normalized spacial score (nSPS) is 20.4. The first-order valence-corrected chi connectivity index (χ1v) is 9.54. The zero-order chi connectivity index (χ0) is 15.6. The van der Waals surface area contributed by atoms with Crippen molar-refractivity contribution >= 4 is 11.3 Å². The van der Waals surface area contributed by atoms with Gasteiger partial charge in [-0.3, -0.25) is 4.90 Å². The van der Waals surface area contributed by atoms with Gasteiger partial charge in [0.1, 0.15) is 21.7 Å². The molecule has 2 aromatic rings. The largest absolute Gasteiger partial charge is 0.315 e. The topological polar surface area (TPSA) is 59.7 Å². The second-order valence-electron chi connectivity index (χ2n) is 6.70. The smallest absolute Gasteiger partial charge is 0.136 e. The third-order valence-corrected chi connectivity index (χ3v) is 5.84. The Balaban J connectivity index is 1.39. The zero-order valence-electron chi connectivity index (χ0n) is 13.7. The second-order valence-corrected chi connectivity index (χ2v) is 7.97. The van der Waals surface area contributed by atoms with Crippen molar-refractivity contribution < 1.29 is 0 Å². The van der Waals surface area contributed by atoms with Gasteiger partial charge in [0.2, 0.25) is 0 Å². The SMILES string of the molecule is Cc1nnc(CN2CCC(c3nnc4n3CCCCC4)CC2)s1. The van der Waals surface area contributed by atoms with E-state index in [1.807, 2.05) is 6.92 Å². The molecule has 1 fully saturated rings. The van der Waals surface area contributed by atoms with Crippen LogP contribution in [0.4, 0.5) is 0 Å². The molecule has 124 valence electrons. The van der Waals surface area contributed by atoms with Gasteiger partial charge in [0.05, 0.1) is 6.54 Å². The van der Waals surface area contributed by atoms with Crippen LogP contribution in [0.25, 0.3) is 0 Å². The number of hydrogen-bond acceptors (Lipinski definition) is 6. The third kappa shape index (κ3) is 3.30. The molecule has 2 aliphatic rings.